The Labute approximate surface area is 136 Å². The minimum atomic E-state index is 0.954. The molecule has 124 valence electrons. The molecule has 22 heavy (non-hydrogen) atoms. The van der Waals surface area contributed by atoms with Gasteiger partial charge in [0.25, 0.3) is 0 Å². The molecule has 1 saturated heterocycles. The van der Waals surface area contributed by atoms with Gasteiger partial charge in [0.15, 0.2) is 0 Å². The van der Waals surface area contributed by atoms with Crippen LogP contribution in [-0.4, -0.2) is 31.6 Å². The predicted octanol–water partition coefficient (Wildman–Crippen LogP) is 4.92. The second-order valence-electron chi connectivity index (χ2n) is 6.73. The number of unbranched alkanes of at least 4 members (excludes halogenated alkanes) is 3. The van der Waals surface area contributed by atoms with Crippen LogP contribution in [0.2, 0.25) is 0 Å². The summed E-state index contributed by atoms with van der Waals surface area (Å²) in [6.07, 6.45) is 10.8. The molecule has 2 nitrogen and oxygen atoms in total. The number of benzene rings is 1. The molecule has 0 aromatic heterocycles. The third-order valence-electron chi connectivity index (χ3n) is 5.03. The summed E-state index contributed by atoms with van der Waals surface area (Å²) >= 11 is 0. The average Bonchev–Trinajstić information content (AvgIpc) is 2.58. The number of nitrogens with zero attached hydrogens (tertiary/aromatic N) is 1. The second-order valence-corrected chi connectivity index (χ2v) is 6.73. The van der Waals surface area contributed by atoms with Crippen molar-refractivity contribution in [3.63, 3.8) is 0 Å². The summed E-state index contributed by atoms with van der Waals surface area (Å²) in [5, 5.41) is 0. The van der Waals surface area contributed by atoms with E-state index in [1.165, 1.54) is 76.6 Å². The molecule has 1 aliphatic rings. The van der Waals surface area contributed by atoms with Crippen LogP contribution in [0.5, 0.6) is 5.75 Å². The Morgan fingerprint density at radius 1 is 1.09 bits per heavy atom. The van der Waals surface area contributed by atoms with Crippen molar-refractivity contribution in [1.82, 2.24) is 4.90 Å². The van der Waals surface area contributed by atoms with Crippen molar-refractivity contribution >= 4 is 0 Å². The highest BCUT2D eigenvalue weighted by molar-refractivity contribution is 5.27. The molecule has 0 spiro atoms. The number of piperidine rings is 1. The van der Waals surface area contributed by atoms with Gasteiger partial charge in [-0.05, 0) is 68.8 Å². The van der Waals surface area contributed by atoms with E-state index < -0.39 is 0 Å². The largest absolute Gasteiger partial charge is 0.497 e. The van der Waals surface area contributed by atoms with Crippen LogP contribution in [0.1, 0.15) is 57.4 Å². The van der Waals surface area contributed by atoms with Crippen LogP contribution in [0, 0.1) is 5.92 Å². The molecule has 1 aliphatic heterocycles. The lowest BCUT2D eigenvalue weighted by Crippen LogP contribution is -2.35. The number of methoxy groups -OCH3 is 1. The van der Waals surface area contributed by atoms with E-state index in [1.54, 1.807) is 7.11 Å². The van der Waals surface area contributed by atoms with Gasteiger partial charge >= 0.3 is 0 Å². The summed E-state index contributed by atoms with van der Waals surface area (Å²) < 4.78 is 5.20. The summed E-state index contributed by atoms with van der Waals surface area (Å²) in [6, 6.07) is 8.51. The van der Waals surface area contributed by atoms with Crippen LogP contribution < -0.4 is 4.74 Å². The van der Waals surface area contributed by atoms with E-state index in [9.17, 15) is 0 Å². The molecule has 1 fully saturated rings. The molecule has 0 N–H and O–H groups in total. The molecule has 0 bridgehead atoms. The highest BCUT2D eigenvalue weighted by atomic mass is 16.5. The third-order valence-corrected chi connectivity index (χ3v) is 5.03. The fourth-order valence-electron chi connectivity index (χ4n) is 3.50. The first-order chi connectivity index (χ1) is 10.8. The van der Waals surface area contributed by atoms with Crippen molar-refractivity contribution in [2.24, 2.45) is 5.92 Å². The maximum Gasteiger partial charge on any atom is 0.118 e. The standard InChI is InChI=1S/C20H33NO/c1-3-18-10-8-16-21(17-18)15-7-5-4-6-9-19-11-13-20(22-2)14-12-19/h11-14,18H,3-10,15-17H2,1-2H3. The average molecular weight is 303 g/mol. The number of hydrogen-bond acceptors (Lipinski definition) is 2. The molecule has 2 heteroatoms. The molecular weight excluding hydrogens is 270 g/mol. The van der Waals surface area contributed by atoms with E-state index in [0.717, 1.165) is 11.7 Å². The molecule has 2 rings (SSSR count). The molecular formula is C20H33NO. The Kier molecular flexibility index (Phi) is 7.79. The molecule has 0 radical (unpaired) electrons. The van der Waals surface area contributed by atoms with Gasteiger partial charge in [0.05, 0.1) is 7.11 Å². The van der Waals surface area contributed by atoms with Crippen LogP contribution in [0.4, 0.5) is 0 Å². The van der Waals surface area contributed by atoms with E-state index in [-0.39, 0.29) is 0 Å². The normalized spacial score (nSPS) is 19.3. The van der Waals surface area contributed by atoms with Crippen LogP contribution in [0.15, 0.2) is 24.3 Å². The Bertz CT molecular complexity index is 401. The molecule has 0 saturated carbocycles. The quantitative estimate of drug-likeness (QED) is 0.600. The van der Waals surface area contributed by atoms with Crippen molar-refractivity contribution in [2.45, 2.75) is 58.3 Å². The Hall–Kier alpha value is -1.02. The van der Waals surface area contributed by atoms with Gasteiger partial charge in [0, 0.05) is 6.54 Å². The van der Waals surface area contributed by atoms with Gasteiger partial charge in [-0.2, -0.15) is 0 Å². The summed E-state index contributed by atoms with van der Waals surface area (Å²) in [5.41, 5.74) is 1.43. The Balaban J connectivity index is 1.52. The SMILES string of the molecule is CCC1CCCN(CCCCCCc2ccc(OC)cc2)C1. The van der Waals surface area contributed by atoms with Crippen LogP contribution in [0.3, 0.4) is 0 Å². The van der Waals surface area contributed by atoms with E-state index in [0.29, 0.717) is 0 Å². The van der Waals surface area contributed by atoms with E-state index in [4.69, 9.17) is 4.74 Å². The fraction of sp³-hybridized carbons (Fsp3) is 0.700. The first-order valence-corrected chi connectivity index (χ1v) is 9.17. The van der Waals surface area contributed by atoms with E-state index in [2.05, 4.69) is 36.1 Å². The second kappa shape index (κ2) is 9.89. The lowest BCUT2D eigenvalue weighted by molar-refractivity contribution is 0.169. The number of rotatable bonds is 9. The van der Waals surface area contributed by atoms with Crippen LogP contribution in [-0.2, 0) is 6.42 Å². The first kappa shape index (κ1) is 17.3. The summed E-state index contributed by atoms with van der Waals surface area (Å²) in [6.45, 7) is 6.34. The molecule has 1 atom stereocenters. The molecule has 1 aromatic carbocycles. The fourth-order valence-corrected chi connectivity index (χ4v) is 3.50. The van der Waals surface area contributed by atoms with Crippen molar-refractivity contribution in [3.05, 3.63) is 29.8 Å². The van der Waals surface area contributed by atoms with Gasteiger partial charge in [-0.15, -0.1) is 0 Å². The number of likely N-dealkylation sites (tertiary alicyclic amines) is 1. The van der Waals surface area contributed by atoms with Gasteiger partial charge in [0.1, 0.15) is 5.75 Å². The van der Waals surface area contributed by atoms with Crippen molar-refractivity contribution in [2.75, 3.05) is 26.7 Å². The maximum atomic E-state index is 5.20. The molecule has 1 unspecified atom stereocenters. The van der Waals surface area contributed by atoms with Crippen molar-refractivity contribution < 1.29 is 4.74 Å². The van der Waals surface area contributed by atoms with Gasteiger partial charge < -0.3 is 9.64 Å². The molecule has 1 heterocycles. The molecule has 0 aliphatic carbocycles. The summed E-state index contributed by atoms with van der Waals surface area (Å²) in [5.74, 6) is 1.92. The third kappa shape index (κ3) is 6.00. The topological polar surface area (TPSA) is 12.5 Å². The van der Waals surface area contributed by atoms with Crippen LogP contribution >= 0.6 is 0 Å². The highest BCUT2D eigenvalue weighted by Crippen LogP contribution is 2.19. The van der Waals surface area contributed by atoms with E-state index >= 15 is 0 Å². The summed E-state index contributed by atoms with van der Waals surface area (Å²) in [7, 11) is 1.72. The van der Waals surface area contributed by atoms with Gasteiger partial charge in [-0.3, -0.25) is 0 Å². The smallest absolute Gasteiger partial charge is 0.118 e. The van der Waals surface area contributed by atoms with Crippen molar-refractivity contribution in [3.8, 4) is 5.75 Å². The minimum absolute atomic E-state index is 0.954. The predicted molar refractivity (Wildman–Crippen MR) is 94.6 cm³/mol. The Morgan fingerprint density at radius 2 is 1.86 bits per heavy atom. The number of ether oxygens (including phenoxy) is 1. The lowest BCUT2D eigenvalue weighted by atomic mass is 9.95. The van der Waals surface area contributed by atoms with Crippen LogP contribution in [0.25, 0.3) is 0 Å². The molecule has 0 amide bonds. The van der Waals surface area contributed by atoms with Crippen molar-refractivity contribution in [1.29, 1.82) is 0 Å². The zero-order valence-electron chi connectivity index (χ0n) is 14.5. The van der Waals surface area contributed by atoms with Gasteiger partial charge in [0.2, 0.25) is 0 Å². The zero-order chi connectivity index (χ0) is 15.6. The highest BCUT2D eigenvalue weighted by Gasteiger charge is 2.17. The maximum absolute atomic E-state index is 5.20. The Morgan fingerprint density at radius 3 is 2.59 bits per heavy atom. The lowest BCUT2D eigenvalue weighted by Gasteiger charge is -2.32. The molecule has 1 aromatic rings. The van der Waals surface area contributed by atoms with Gasteiger partial charge in [-0.1, -0.05) is 38.3 Å². The number of hydrogen-bond donors (Lipinski definition) is 0. The van der Waals surface area contributed by atoms with Gasteiger partial charge in [-0.25, -0.2) is 0 Å². The van der Waals surface area contributed by atoms with E-state index in [1.807, 2.05) is 0 Å². The minimum Gasteiger partial charge on any atom is -0.497 e. The number of aryl methyl sites for hydroxylation is 1. The first-order valence-electron chi connectivity index (χ1n) is 9.17. The monoisotopic (exact) mass is 303 g/mol. The summed E-state index contributed by atoms with van der Waals surface area (Å²) in [4.78, 5) is 2.70. The zero-order valence-corrected chi connectivity index (χ0v) is 14.5.